The smallest absolute Gasteiger partial charge is 0.295 e. The molecule has 1 fully saturated rings. The highest BCUT2D eigenvalue weighted by atomic mass is 32.1. The molecule has 4 heterocycles. The van der Waals surface area contributed by atoms with Gasteiger partial charge < -0.3 is 15.0 Å². The lowest BCUT2D eigenvalue weighted by Gasteiger charge is -2.33. The van der Waals surface area contributed by atoms with Gasteiger partial charge in [-0.3, -0.25) is 23.2 Å². The molecule has 0 saturated carbocycles. The predicted molar refractivity (Wildman–Crippen MR) is 123 cm³/mol. The summed E-state index contributed by atoms with van der Waals surface area (Å²) in [5, 5.41) is 10.2. The number of likely N-dealkylation sites (tertiary alicyclic amines) is 1. The Labute approximate surface area is 194 Å². The van der Waals surface area contributed by atoms with Crippen molar-refractivity contribution in [3.05, 3.63) is 33.7 Å². The summed E-state index contributed by atoms with van der Waals surface area (Å²) in [5.41, 5.74) is -0.143. The van der Waals surface area contributed by atoms with Crippen LogP contribution in [0.4, 0.5) is 4.39 Å². The van der Waals surface area contributed by atoms with E-state index in [-0.39, 0.29) is 25.1 Å². The number of piperidine rings is 1. The van der Waals surface area contributed by atoms with Gasteiger partial charge in [0.2, 0.25) is 0 Å². The highest BCUT2D eigenvalue weighted by Gasteiger charge is 2.30. The Morgan fingerprint density at radius 2 is 2.27 bits per heavy atom. The number of fused-ring (bicyclic) bond motifs is 3. The lowest BCUT2D eigenvalue weighted by molar-refractivity contribution is -0.152. The molecule has 0 aliphatic carbocycles. The predicted octanol–water partition coefficient (Wildman–Crippen LogP) is 2.45. The average Bonchev–Trinajstić information content (AvgIpc) is 3.39. The van der Waals surface area contributed by atoms with Crippen LogP contribution in [0.15, 0.2) is 22.3 Å². The molecule has 1 saturated heterocycles. The molecule has 1 unspecified atom stereocenters. The van der Waals surface area contributed by atoms with Gasteiger partial charge in [0.25, 0.3) is 24.2 Å². The zero-order chi connectivity index (χ0) is 23.5. The minimum Gasteiger partial charge on any atom is -0.432 e. The van der Waals surface area contributed by atoms with Crippen LogP contribution in [0.2, 0.25) is 0 Å². The van der Waals surface area contributed by atoms with Crippen molar-refractivity contribution in [2.24, 2.45) is 0 Å². The fraction of sp³-hybridized carbons (Fsp3) is 0.545. The molecule has 2 atom stereocenters. The molecular formula is C22H28FN5O4S. The highest BCUT2D eigenvalue weighted by molar-refractivity contribution is 7.16. The van der Waals surface area contributed by atoms with Gasteiger partial charge in [-0.1, -0.05) is 13.8 Å². The number of halogens is 1. The second-order valence-corrected chi connectivity index (χ2v) is 9.48. The van der Waals surface area contributed by atoms with Gasteiger partial charge in [0, 0.05) is 30.4 Å². The standard InChI is InChI=1S/C22H28FN5O4S/c1-14(2)18-25-28(20(31)17-11-15-6-10-33-22(15)27(17)18)21(32-13-29)19(30)24-16-5-3-8-26(12-16)9-4-7-23/h6,10-11,13-14,16,21H,3-5,7-9,12H2,1-2H3,(H,24,30)/t16?,21-/m1/s1. The van der Waals surface area contributed by atoms with Crippen molar-refractivity contribution in [3.63, 3.8) is 0 Å². The summed E-state index contributed by atoms with van der Waals surface area (Å²) >= 11 is 1.50. The lowest BCUT2D eigenvalue weighted by atomic mass is 10.1. The number of rotatable bonds is 9. The van der Waals surface area contributed by atoms with Crippen LogP contribution in [0.5, 0.6) is 0 Å². The molecule has 178 valence electrons. The molecule has 11 heteroatoms. The van der Waals surface area contributed by atoms with E-state index in [0.717, 1.165) is 34.3 Å². The number of nitrogens with zero attached hydrogens (tertiary/aromatic N) is 4. The van der Waals surface area contributed by atoms with Crippen molar-refractivity contribution in [2.75, 3.05) is 26.3 Å². The second kappa shape index (κ2) is 10.0. The topological polar surface area (TPSA) is 97.9 Å². The van der Waals surface area contributed by atoms with Crippen LogP contribution >= 0.6 is 11.3 Å². The Morgan fingerprint density at radius 3 is 3.00 bits per heavy atom. The van der Waals surface area contributed by atoms with Crippen LogP contribution in [0.25, 0.3) is 15.7 Å². The van der Waals surface area contributed by atoms with Crippen LogP contribution < -0.4 is 10.9 Å². The maximum Gasteiger partial charge on any atom is 0.295 e. The Hall–Kier alpha value is -2.79. The zero-order valence-corrected chi connectivity index (χ0v) is 19.5. The molecule has 0 radical (unpaired) electrons. The number of carbonyl (C=O) groups excluding carboxylic acids is 2. The number of alkyl halides is 1. The van der Waals surface area contributed by atoms with E-state index >= 15 is 0 Å². The first-order valence-electron chi connectivity index (χ1n) is 11.1. The first kappa shape index (κ1) is 23.4. The minimum absolute atomic E-state index is 0.0561. The maximum atomic E-state index is 13.3. The van der Waals surface area contributed by atoms with E-state index in [2.05, 4.69) is 15.3 Å². The third kappa shape index (κ3) is 4.65. The summed E-state index contributed by atoms with van der Waals surface area (Å²) in [6, 6.07) is 3.49. The summed E-state index contributed by atoms with van der Waals surface area (Å²) in [6.45, 7) is 5.71. The average molecular weight is 478 g/mol. The van der Waals surface area contributed by atoms with Gasteiger partial charge in [-0.05, 0) is 43.3 Å². The van der Waals surface area contributed by atoms with Crippen LogP contribution in [0.3, 0.4) is 0 Å². The lowest BCUT2D eigenvalue weighted by Crippen LogP contribution is -2.51. The first-order chi connectivity index (χ1) is 15.9. The van der Waals surface area contributed by atoms with Gasteiger partial charge in [0.15, 0.2) is 0 Å². The second-order valence-electron chi connectivity index (χ2n) is 8.58. The van der Waals surface area contributed by atoms with Crippen molar-refractivity contribution < 1.29 is 18.7 Å². The molecule has 0 aromatic carbocycles. The number of thiophene rings is 1. The van der Waals surface area contributed by atoms with Gasteiger partial charge in [-0.15, -0.1) is 11.3 Å². The number of carbonyl (C=O) groups is 2. The van der Waals surface area contributed by atoms with E-state index in [9.17, 15) is 18.8 Å². The fourth-order valence-corrected chi connectivity index (χ4v) is 5.28. The van der Waals surface area contributed by atoms with Crippen molar-refractivity contribution in [1.29, 1.82) is 0 Å². The maximum absolute atomic E-state index is 13.3. The molecule has 3 aromatic heterocycles. The number of amides is 1. The van der Waals surface area contributed by atoms with Crippen molar-refractivity contribution >= 4 is 39.4 Å². The largest absolute Gasteiger partial charge is 0.432 e. The normalized spacial score (nSPS) is 18.1. The summed E-state index contributed by atoms with van der Waals surface area (Å²) in [4.78, 5) is 40.7. The number of ether oxygens (including phenoxy) is 1. The molecule has 33 heavy (non-hydrogen) atoms. The van der Waals surface area contributed by atoms with E-state index in [1.807, 2.05) is 29.7 Å². The van der Waals surface area contributed by atoms with Gasteiger partial charge >= 0.3 is 0 Å². The Bertz CT molecular complexity index is 1200. The van der Waals surface area contributed by atoms with Crippen molar-refractivity contribution in [1.82, 2.24) is 24.4 Å². The fourth-order valence-electron chi connectivity index (χ4n) is 4.37. The van der Waals surface area contributed by atoms with E-state index in [1.165, 1.54) is 11.3 Å². The molecule has 3 aromatic rings. The van der Waals surface area contributed by atoms with Crippen LogP contribution in [0, 0.1) is 0 Å². The quantitative estimate of drug-likeness (QED) is 0.476. The molecule has 0 spiro atoms. The molecule has 1 aliphatic heterocycles. The van der Waals surface area contributed by atoms with Gasteiger partial charge in [-0.2, -0.15) is 9.78 Å². The molecule has 1 N–H and O–H groups in total. The molecule has 4 rings (SSSR count). The number of hydrogen-bond acceptors (Lipinski definition) is 7. The summed E-state index contributed by atoms with van der Waals surface area (Å²) in [7, 11) is 0. The Kier molecular flexibility index (Phi) is 7.08. The summed E-state index contributed by atoms with van der Waals surface area (Å²) in [5.74, 6) is -0.0784. The monoisotopic (exact) mass is 477 g/mol. The van der Waals surface area contributed by atoms with Crippen molar-refractivity contribution in [3.8, 4) is 0 Å². The molecule has 1 amide bonds. The Morgan fingerprint density at radius 1 is 1.45 bits per heavy atom. The molecule has 9 nitrogen and oxygen atoms in total. The van der Waals surface area contributed by atoms with Crippen LogP contribution in [0.1, 0.15) is 51.1 Å². The zero-order valence-electron chi connectivity index (χ0n) is 18.7. The van der Waals surface area contributed by atoms with Crippen LogP contribution in [-0.2, 0) is 14.3 Å². The van der Waals surface area contributed by atoms with Gasteiger partial charge in [-0.25, -0.2) is 0 Å². The number of hydrogen-bond donors (Lipinski definition) is 1. The first-order valence-corrected chi connectivity index (χ1v) is 12.0. The SMILES string of the molecule is CC(C)c1nn([C@H](OC=O)C(=O)NC2CCCN(CCCF)C2)c(=O)c2cc3ccsc3n12. The summed E-state index contributed by atoms with van der Waals surface area (Å²) in [6.07, 6.45) is 0.536. The van der Waals surface area contributed by atoms with E-state index in [1.54, 1.807) is 6.07 Å². The van der Waals surface area contributed by atoms with E-state index in [4.69, 9.17) is 4.74 Å². The van der Waals surface area contributed by atoms with E-state index in [0.29, 0.717) is 30.9 Å². The van der Waals surface area contributed by atoms with Crippen LogP contribution in [-0.4, -0.2) is 63.8 Å². The molecule has 0 bridgehead atoms. The summed E-state index contributed by atoms with van der Waals surface area (Å²) < 4.78 is 20.4. The number of nitrogens with one attached hydrogen (secondary N) is 1. The molecule has 1 aliphatic rings. The third-order valence-electron chi connectivity index (χ3n) is 5.88. The third-order valence-corrected chi connectivity index (χ3v) is 6.80. The van der Waals surface area contributed by atoms with Gasteiger partial charge in [0.05, 0.1) is 6.67 Å². The van der Waals surface area contributed by atoms with E-state index < -0.39 is 17.7 Å². The number of aromatic nitrogens is 3. The Balaban J connectivity index is 1.66. The van der Waals surface area contributed by atoms with Gasteiger partial charge in [0.1, 0.15) is 16.2 Å². The molecular weight excluding hydrogens is 449 g/mol. The van der Waals surface area contributed by atoms with Crippen molar-refractivity contribution in [2.45, 2.75) is 51.3 Å². The minimum atomic E-state index is -1.52. The highest BCUT2D eigenvalue weighted by Crippen LogP contribution is 2.27.